The van der Waals surface area contributed by atoms with Crippen LogP contribution in [0, 0.1) is 10.1 Å². The number of carbonyl (C=O) groups excluding carboxylic acids is 1. The summed E-state index contributed by atoms with van der Waals surface area (Å²) in [6.45, 7) is 0. The highest BCUT2D eigenvalue weighted by Gasteiger charge is 2.16. The van der Waals surface area contributed by atoms with Crippen LogP contribution in [0.4, 0.5) is 11.4 Å². The molecule has 0 saturated carbocycles. The third-order valence-corrected chi connectivity index (χ3v) is 5.31. The molecule has 0 unspecified atom stereocenters. The molecule has 0 spiro atoms. The Morgan fingerprint density at radius 3 is 2.64 bits per heavy atom. The normalized spacial score (nSPS) is 10.8. The second-order valence-corrected chi connectivity index (χ2v) is 7.19. The molecule has 4 rings (SSSR count). The number of fused-ring (bicyclic) bond motifs is 1. The molecule has 9 heteroatoms. The SMILES string of the molecule is O=C(Nc1ccc(-c2nc3cccnc3s2)cc1)c1ccc(Cl)c([N+](=O)[O-])c1. The minimum absolute atomic E-state index is 0.0174. The molecule has 0 bridgehead atoms. The number of aromatic nitrogens is 2. The molecule has 0 aliphatic carbocycles. The zero-order valence-electron chi connectivity index (χ0n) is 14.1. The smallest absolute Gasteiger partial charge is 0.288 e. The van der Waals surface area contributed by atoms with Crippen molar-refractivity contribution in [3.05, 3.63) is 81.5 Å². The van der Waals surface area contributed by atoms with Crippen molar-refractivity contribution < 1.29 is 9.72 Å². The van der Waals surface area contributed by atoms with Gasteiger partial charge in [0.1, 0.15) is 20.4 Å². The fraction of sp³-hybridized carbons (Fsp3) is 0. The Morgan fingerprint density at radius 2 is 1.93 bits per heavy atom. The van der Waals surface area contributed by atoms with Crippen molar-refractivity contribution >= 4 is 50.6 Å². The average molecular weight is 411 g/mol. The second kappa shape index (κ2) is 7.34. The first-order chi connectivity index (χ1) is 13.5. The van der Waals surface area contributed by atoms with Gasteiger partial charge in [0.15, 0.2) is 0 Å². The number of amides is 1. The summed E-state index contributed by atoms with van der Waals surface area (Å²) in [7, 11) is 0. The number of thiazole rings is 1. The van der Waals surface area contributed by atoms with Crippen LogP contribution < -0.4 is 5.32 Å². The van der Waals surface area contributed by atoms with Gasteiger partial charge in [-0.15, -0.1) is 0 Å². The molecule has 2 heterocycles. The van der Waals surface area contributed by atoms with Crippen LogP contribution in [0.25, 0.3) is 20.9 Å². The molecule has 0 aliphatic rings. The number of nitro benzene ring substituents is 1. The predicted octanol–water partition coefficient (Wildman–Crippen LogP) is 5.17. The van der Waals surface area contributed by atoms with Gasteiger partial charge in [-0.2, -0.15) is 0 Å². The summed E-state index contributed by atoms with van der Waals surface area (Å²) in [5, 5.41) is 14.5. The minimum Gasteiger partial charge on any atom is -0.322 e. The van der Waals surface area contributed by atoms with E-state index in [0.717, 1.165) is 27.0 Å². The van der Waals surface area contributed by atoms with E-state index in [0.29, 0.717) is 5.69 Å². The lowest BCUT2D eigenvalue weighted by Gasteiger charge is -2.06. The highest BCUT2D eigenvalue weighted by molar-refractivity contribution is 7.21. The van der Waals surface area contributed by atoms with Gasteiger partial charge < -0.3 is 5.32 Å². The first-order valence-corrected chi connectivity index (χ1v) is 9.28. The number of nitro groups is 1. The van der Waals surface area contributed by atoms with E-state index in [1.54, 1.807) is 18.3 Å². The van der Waals surface area contributed by atoms with E-state index in [2.05, 4.69) is 15.3 Å². The summed E-state index contributed by atoms with van der Waals surface area (Å²) in [4.78, 5) is 32.4. The molecule has 138 valence electrons. The molecule has 0 radical (unpaired) electrons. The molecular formula is C19H11ClN4O3S. The number of anilines is 1. The highest BCUT2D eigenvalue weighted by Crippen LogP contribution is 2.30. The van der Waals surface area contributed by atoms with Gasteiger partial charge in [-0.1, -0.05) is 22.9 Å². The van der Waals surface area contributed by atoms with E-state index < -0.39 is 10.8 Å². The zero-order valence-corrected chi connectivity index (χ0v) is 15.7. The fourth-order valence-corrected chi connectivity index (χ4v) is 3.69. The van der Waals surface area contributed by atoms with E-state index in [-0.39, 0.29) is 16.3 Å². The predicted molar refractivity (Wildman–Crippen MR) is 109 cm³/mol. The van der Waals surface area contributed by atoms with Crippen molar-refractivity contribution in [3.8, 4) is 10.6 Å². The minimum atomic E-state index is -0.624. The Morgan fingerprint density at radius 1 is 1.14 bits per heavy atom. The van der Waals surface area contributed by atoms with Crippen LogP contribution in [0.5, 0.6) is 0 Å². The van der Waals surface area contributed by atoms with Crippen LogP contribution in [0.15, 0.2) is 60.8 Å². The van der Waals surface area contributed by atoms with Gasteiger partial charge in [-0.3, -0.25) is 14.9 Å². The Labute approximate surface area is 167 Å². The maximum atomic E-state index is 12.4. The number of nitrogens with zero attached hydrogens (tertiary/aromatic N) is 3. The molecule has 1 N–H and O–H groups in total. The topological polar surface area (TPSA) is 98.0 Å². The van der Waals surface area contributed by atoms with Crippen molar-refractivity contribution in [1.29, 1.82) is 0 Å². The molecule has 28 heavy (non-hydrogen) atoms. The molecule has 2 aromatic heterocycles. The van der Waals surface area contributed by atoms with Gasteiger partial charge in [0.05, 0.1) is 4.92 Å². The maximum absolute atomic E-state index is 12.4. The summed E-state index contributed by atoms with van der Waals surface area (Å²) in [5.74, 6) is -0.461. The maximum Gasteiger partial charge on any atom is 0.288 e. The van der Waals surface area contributed by atoms with Gasteiger partial charge in [0.2, 0.25) is 0 Å². The molecule has 1 amide bonds. The van der Waals surface area contributed by atoms with Crippen LogP contribution in [-0.4, -0.2) is 20.8 Å². The molecule has 4 aromatic rings. The van der Waals surface area contributed by atoms with E-state index >= 15 is 0 Å². The summed E-state index contributed by atoms with van der Waals surface area (Å²) < 4.78 is 0. The molecular weight excluding hydrogens is 400 g/mol. The zero-order chi connectivity index (χ0) is 19.7. The lowest BCUT2D eigenvalue weighted by atomic mass is 10.1. The van der Waals surface area contributed by atoms with Crippen molar-refractivity contribution in [2.24, 2.45) is 0 Å². The second-order valence-electron chi connectivity index (χ2n) is 5.80. The number of nitrogens with one attached hydrogen (secondary N) is 1. The van der Waals surface area contributed by atoms with E-state index in [9.17, 15) is 14.9 Å². The van der Waals surface area contributed by atoms with Crippen molar-refractivity contribution in [1.82, 2.24) is 9.97 Å². The molecule has 0 fully saturated rings. The lowest BCUT2D eigenvalue weighted by molar-refractivity contribution is -0.384. The number of halogens is 1. The van der Waals surface area contributed by atoms with Gasteiger partial charge in [0.25, 0.3) is 11.6 Å². The summed E-state index contributed by atoms with van der Waals surface area (Å²) in [6, 6.07) is 14.9. The van der Waals surface area contributed by atoms with Crippen LogP contribution in [0.2, 0.25) is 5.02 Å². The third-order valence-electron chi connectivity index (χ3n) is 3.96. The molecule has 0 atom stereocenters. The van der Waals surface area contributed by atoms with E-state index in [1.165, 1.54) is 23.5 Å². The van der Waals surface area contributed by atoms with Crippen LogP contribution >= 0.6 is 22.9 Å². The van der Waals surface area contributed by atoms with Crippen LogP contribution in [-0.2, 0) is 0 Å². The number of hydrogen-bond donors (Lipinski definition) is 1. The molecule has 0 aliphatic heterocycles. The Bertz CT molecular complexity index is 1170. The standard InChI is InChI=1S/C19H11ClN4O3S/c20-14-8-5-12(10-16(14)24(26)27)17(25)22-13-6-3-11(4-7-13)18-23-15-2-1-9-21-19(15)28-18/h1-10H,(H,22,25). The number of benzene rings is 2. The largest absolute Gasteiger partial charge is 0.322 e. The highest BCUT2D eigenvalue weighted by atomic mass is 35.5. The summed E-state index contributed by atoms with van der Waals surface area (Å²) in [5.41, 5.74) is 2.14. The van der Waals surface area contributed by atoms with Crippen molar-refractivity contribution in [2.45, 2.75) is 0 Å². The van der Waals surface area contributed by atoms with Crippen LogP contribution in [0.3, 0.4) is 0 Å². The number of carbonyl (C=O) groups is 1. The van der Waals surface area contributed by atoms with Gasteiger partial charge >= 0.3 is 0 Å². The van der Waals surface area contributed by atoms with Gasteiger partial charge in [0, 0.05) is 29.1 Å². The van der Waals surface area contributed by atoms with Crippen molar-refractivity contribution in [2.75, 3.05) is 5.32 Å². The van der Waals surface area contributed by atoms with Crippen molar-refractivity contribution in [3.63, 3.8) is 0 Å². The Kier molecular flexibility index (Phi) is 4.72. The fourth-order valence-electron chi connectivity index (χ4n) is 2.59. The van der Waals surface area contributed by atoms with Gasteiger partial charge in [-0.05, 0) is 48.5 Å². The Balaban J connectivity index is 1.54. The quantitative estimate of drug-likeness (QED) is 0.369. The summed E-state index contributed by atoms with van der Waals surface area (Å²) >= 11 is 7.26. The van der Waals surface area contributed by atoms with E-state index in [1.807, 2.05) is 24.3 Å². The first kappa shape index (κ1) is 18.0. The molecule has 0 saturated heterocycles. The van der Waals surface area contributed by atoms with Crippen LogP contribution in [0.1, 0.15) is 10.4 Å². The third kappa shape index (κ3) is 3.55. The summed E-state index contributed by atoms with van der Waals surface area (Å²) in [6.07, 6.45) is 1.73. The monoisotopic (exact) mass is 410 g/mol. The molecule has 7 nitrogen and oxygen atoms in total. The number of rotatable bonds is 4. The Hall–Kier alpha value is -3.36. The average Bonchev–Trinajstić information content (AvgIpc) is 3.13. The lowest BCUT2D eigenvalue weighted by Crippen LogP contribution is -2.12. The number of pyridine rings is 1. The number of hydrogen-bond acceptors (Lipinski definition) is 6. The van der Waals surface area contributed by atoms with Gasteiger partial charge in [-0.25, -0.2) is 9.97 Å². The van der Waals surface area contributed by atoms with E-state index in [4.69, 9.17) is 11.6 Å². The molecule has 2 aromatic carbocycles. The first-order valence-electron chi connectivity index (χ1n) is 8.08.